The molecule has 2 fully saturated rings. The van der Waals surface area contributed by atoms with Crippen LogP contribution in [-0.2, 0) is 22.6 Å². The molecule has 2 atom stereocenters. The summed E-state index contributed by atoms with van der Waals surface area (Å²) in [7, 11) is 0. The summed E-state index contributed by atoms with van der Waals surface area (Å²) in [5.41, 5.74) is 5.51. The highest BCUT2D eigenvalue weighted by Crippen LogP contribution is 2.32. The molecule has 2 saturated heterocycles. The SMILES string of the molecule is Cc1cc(CC2CC(N3CCC(N4Cc5ccccc5NC4=O)CC3)CCN2C(=O)CCC=O)cc2cn[nH]c12. The van der Waals surface area contributed by atoms with E-state index in [0.29, 0.717) is 19.1 Å². The predicted molar refractivity (Wildman–Crippen MR) is 154 cm³/mol. The van der Waals surface area contributed by atoms with E-state index >= 15 is 0 Å². The first-order valence-corrected chi connectivity index (χ1v) is 14.6. The summed E-state index contributed by atoms with van der Waals surface area (Å²) in [6.45, 7) is 5.37. The number of anilines is 1. The smallest absolute Gasteiger partial charge is 0.322 e. The van der Waals surface area contributed by atoms with E-state index in [-0.39, 0.29) is 36.9 Å². The molecule has 3 aliphatic rings. The molecular weight excluding hydrogens is 504 g/mol. The van der Waals surface area contributed by atoms with Gasteiger partial charge in [0.05, 0.1) is 11.7 Å². The lowest BCUT2D eigenvalue weighted by atomic mass is 9.88. The van der Waals surface area contributed by atoms with Crippen molar-refractivity contribution < 1.29 is 14.4 Å². The summed E-state index contributed by atoms with van der Waals surface area (Å²) < 4.78 is 0. The van der Waals surface area contributed by atoms with E-state index in [1.165, 1.54) is 11.1 Å². The topological polar surface area (TPSA) is 102 Å². The number of aryl methyl sites for hydroxylation is 1. The summed E-state index contributed by atoms with van der Waals surface area (Å²) in [6.07, 6.45) is 7.78. The summed E-state index contributed by atoms with van der Waals surface area (Å²) in [5.74, 6) is 0.0757. The fourth-order valence-electron chi connectivity index (χ4n) is 6.99. The number of rotatable bonds is 7. The number of aldehydes is 1. The van der Waals surface area contributed by atoms with Crippen LogP contribution in [0.4, 0.5) is 10.5 Å². The monoisotopic (exact) mass is 542 g/mol. The Labute approximate surface area is 234 Å². The number of likely N-dealkylation sites (tertiary alicyclic amines) is 2. The largest absolute Gasteiger partial charge is 0.339 e. The van der Waals surface area contributed by atoms with Gasteiger partial charge in [0.1, 0.15) is 6.29 Å². The highest BCUT2D eigenvalue weighted by atomic mass is 16.2. The number of fused-ring (bicyclic) bond motifs is 2. The summed E-state index contributed by atoms with van der Waals surface area (Å²) in [4.78, 5) is 43.5. The number of hydrogen-bond acceptors (Lipinski definition) is 5. The second-order valence-electron chi connectivity index (χ2n) is 11.6. The zero-order chi connectivity index (χ0) is 27.6. The predicted octanol–water partition coefficient (Wildman–Crippen LogP) is 4.26. The maximum absolute atomic E-state index is 13.1. The number of nitrogens with one attached hydrogen (secondary N) is 2. The second kappa shape index (κ2) is 11.4. The Morgan fingerprint density at radius 2 is 1.90 bits per heavy atom. The molecule has 9 nitrogen and oxygen atoms in total. The zero-order valence-electron chi connectivity index (χ0n) is 23.1. The van der Waals surface area contributed by atoms with Gasteiger partial charge < -0.3 is 24.8 Å². The Morgan fingerprint density at radius 1 is 1.10 bits per heavy atom. The normalized spacial score (nSPS) is 22.3. The Balaban J connectivity index is 1.13. The van der Waals surface area contributed by atoms with Crippen LogP contribution in [0, 0.1) is 6.92 Å². The summed E-state index contributed by atoms with van der Waals surface area (Å²) >= 11 is 0. The van der Waals surface area contributed by atoms with Crippen molar-refractivity contribution in [2.75, 3.05) is 25.0 Å². The standard InChI is InChI=1S/C31H38N6O3/c1-21-15-22(16-24-19-32-34-30(21)24)17-27-18-26(10-13-36(27)29(39)7-4-14-38)35-11-8-25(9-12-35)37-20-23-5-2-3-6-28(23)33-31(37)40/h2-3,5-6,14-16,19,25-27H,4,7-13,17-18,20H2,1H3,(H,32,34)(H,33,40). The molecule has 210 valence electrons. The lowest BCUT2D eigenvalue weighted by molar-refractivity contribution is -0.136. The number of aromatic amines is 1. The van der Waals surface area contributed by atoms with Crippen LogP contribution < -0.4 is 5.32 Å². The number of hydrogen-bond donors (Lipinski definition) is 2. The fraction of sp³-hybridized carbons (Fsp3) is 0.484. The number of piperidine rings is 2. The summed E-state index contributed by atoms with van der Waals surface area (Å²) in [6, 6.07) is 13.1. The number of amides is 3. The van der Waals surface area contributed by atoms with Gasteiger partial charge in [0.2, 0.25) is 5.91 Å². The molecule has 3 aliphatic heterocycles. The van der Waals surface area contributed by atoms with Gasteiger partial charge in [0.15, 0.2) is 0 Å². The van der Waals surface area contributed by atoms with Crippen molar-refractivity contribution in [3.05, 3.63) is 59.3 Å². The number of urea groups is 1. The Kier molecular flexibility index (Phi) is 7.56. The van der Waals surface area contributed by atoms with Crippen LogP contribution in [-0.4, -0.2) is 80.9 Å². The van der Waals surface area contributed by atoms with Crippen LogP contribution in [0.15, 0.2) is 42.6 Å². The third kappa shape index (κ3) is 5.35. The van der Waals surface area contributed by atoms with E-state index in [0.717, 1.165) is 73.6 Å². The molecule has 6 rings (SSSR count). The highest BCUT2D eigenvalue weighted by molar-refractivity contribution is 5.92. The quantitative estimate of drug-likeness (QED) is 0.435. The van der Waals surface area contributed by atoms with Crippen LogP contribution in [0.2, 0.25) is 0 Å². The first-order chi connectivity index (χ1) is 19.5. The molecule has 0 spiro atoms. The van der Waals surface area contributed by atoms with Crippen molar-refractivity contribution in [2.24, 2.45) is 0 Å². The van der Waals surface area contributed by atoms with E-state index in [4.69, 9.17) is 0 Å². The van der Waals surface area contributed by atoms with Crippen LogP contribution in [0.5, 0.6) is 0 Å². The summed E-state index contributed by atoms with van der Waals surface area (Å²) in [5, 5.41) is 11.4. The Bertz CT molecular complexity index is 1390. The van der Waals surface area contributed by atoms with Crippen LogP contribution in [0.1, 0.15) is 55.2 Å². The third-order valence-electron chi connectivity index (χ3n) is 9.08. The molecule has 2 aromatic carbocycles. The van der Waals surface area contributed by atoms with Gasteiger partial charge in [0, 0.05) is 68.2 Å². The number of carbonyl (C=O) groups excluding carboxylic acids is 3. The molecule has 0 aliphatic carbocycles. The van der Waals surface area contributed by atoms with Crippen molar-refractivity contribution in [2.45, 2.75) is 76.5 Å². The van der Waals surface area contributed by atoms with Crippen LogP contribution >= 0.6 is 0 Å². The molecule has 2 N–H and O–H groups in total. The minimum Gasteiger partial charge on any atom is -0.339 e. The van der Waals surface area contributed by atoms with E-state index < -0.39 is 0 Å². The highest BCUT2D eigenvalue weighted by Gasteiger charge is 2.37. The molecule has 0 bridgehead atoms. The average Bonchev–Trinajstić information content (AvgIpc) is 3.45. The molecular formula is C31H38N6O3. The van der Waals surface area contributed by atoms with Gasteiger partial charge in [-0.05, 0) is 67.9 Å². The van der Waals surface area contributed by atoms with Gasteiger partial charge >= 0.3 is 6.03 Å². The number of H-pyrrole nitrogens is 1. The lowest BCUT2D eigenvalue weighted by Crippen LogP contribution is -2.56. The molecule has 2 unspecified atom stereocenters. The Morgan fingerprint density at radius 3 is 2.73 bits per heavy atom. The van der Waals surface area contributed by atoms with E-state index in [2.05, 4.69) is 45.5 Å². The number of benzene rings is 2. The first-order valence-electron chi connectivity index (χ1n) is 14.6. The molecule has 0 saturated carbocycles. The molecule has 1 aromatic heterocycles. The van der Waals surface area contributed by atoms with Crippen molar-refractivity contribution in [1.29, 1.82) is 0 Å². The third-order valence-corrected chi connectivity index (χ3v) is 9.08. The van der Waals surface area contributed by atoms with E-state index in [1.807, 2.05) is 34.2 Å². The van der Waals surface area contributed by atoms with E-state index in [9.17, 15) is 14.4 Å². The van der Waals surface area contributed by atoms with E-state index in [1.54, 1.807) is 0 Å². The number of aromatic nitrogens is 2. The molecule has 3 aromatic rings. The van der Waals surface area contributed by atoms with Crippen LogP contribution in [0.25, 0.3) is 10.9 Å². The van der Waals surface area contributed by atoms with Crippen molar-refractivity contribution in [3.8, 4) is 0 Å². The number of nitrogens with zero attached hydrogens (tertiary/aromatic N) is 4. The molecule has 40 heavy (non-hydrogen) atoms. The minimum absolute atomic E-state index is 0.00393. The molecule has 0 radical (unpaired) electrons. The van der Waals surface area contributed by atoms with Crippen LogP contribution in [0.3, 0.4) is 0 Å². The van der Waals surface area contributed by atoms with Crippen molar-refractivity contribution in [1.82, 2.24) is 24.9 Å². The van der Waals surface area contributed by atoms with Gasteiger partial charge in [-0.3, -0.25) is 9.89 Å². The lowest BCUT2D eigenvalue weighted by Gasteiger charge is -2.47. The number of para-hydroxylation sites is 1. The molecule has 4 heterocycles. The molecule has 3 amide bonds. The Hall–Kier alpha value is -3.72. The average molecular weight is 543 g/mol. The zero-order valence-corrected chi connectivity index (χ0v) is 23.1. The van der Waals surface area contributed by atoms with Gasteiger partial charge in [-0.15, -0.1) is 0 Å². The first kappa shape index (κ1) is 26.5. The van der Waals surface area contributed by atoms with Crippen molar-refractivity contribution in [3.63, 3.8) is 0 Å². The maximum Gasteiger partial charge on any atom is 0.322 e. The van der Waals surface area contributed by atoms with Gasteiger partial charge in [0.25, 0.3) is 0 Å². The van der Waals surface area contributed by atoms with Gasteiger partial charge in [-0.2, -0.15) is 5.10 Å². The van der Waals surface area contributed by atoms with Gasteiger partial charge in [-0.25, -0.2) is 4.79 Å². The van der Waals surface area contributed by atoms with Gasteiger partial charge in [-0.1, -0.05) is 24.3 Å². The maximum atomic E-state index is 13.1. The molecule has 9 heteroatoms. The fourth-order valence-corrected chi connectivity index (χ4v) is 6.99. The second-order valence-corrected chi connectivity index (χ2v) is 11.6. The minimum atomic E-state index is 0.00393. The van der Waals surface area contributed by atoms with Crippen molar-refractivity contribution >= 4 is 34.8 Å². The number of carbonyl (C=O) groups is 3.